The lowest BCUT2D eigenvalue weighted by Gasteiger charge is -2.38. The molecule has 122 valence electrons. The number of piperidine rings is 1. The molecule has 0 aliphatic carbocycles. The van der Waals surface area contributed by atoms with Gasteiger partial charge in [0, 0.05) is 30.6 Å². The topological polar surface area (TPSA) is 49.8 Å². The summed E-state index contributed by atoms with van der Waals surface area (Å²) in [4.78, 5) is 13.9. The fourth-order valence-electron chi connectivity index (χ4n) is 2.86. The monoisotopic (exact) mass is 325 g/mol. The predicted octanol–water partition coefficient (Wildman–Crippen LogP) is 3.67. The zero-order chi connectivity index (χ0) is 16.3. The first-order chi connectivity index (χ1) is 10.3. The van der Waals surface area contributed by atoms with E-state index in [1.54, 1.807) is 4.90 Å². The van der Waals surface area contributed by atoms with Gasteiger partial charge in [-0.3, -0.25) is 0 Å². The highest BCUT2D eigenvalue weighted by molar-refractivity contribution is 6.30. The van der Waals surface area contributed by atoms with Crippen LogP contribution in [0.5, 0.6) is 0 Å². The molecular weight excluding hydrogens is 302 g/mol. The maximum absolute atomic E-state index is 12.2. The highest BCUT2D eigenvalue weighted by Gasteiger charge is 2.33. The molecule has 1 N–H and O–H groups in total. The number of hydrogen-bond donors (Lipinski definition) is 1. The molecule has 1 aliphatic heterocycles. The summed E-state index contributed by atoms with van der Waals surface area (Å²) in [7, 11) is 0. The summed E-state index contributed by atoms with van der Waals surface area (Å²) < 4.78 is 5.41. The van der Waals surface area contributed by atoms with Gasteiger partial charge in [0.15, 0.2) is 0 Å². The summed E-state index contributed by atoms with van der Waals surface area (Å²) in [6, 6.07) is 7.73. The van der Waals surface area contributed by atoms with E-state index in [1.807, 2.05) is 45.0 Å². The number of nitrogens with zero attached hydrogens (tertiary/aromatic N) is 1. The van der Waals surface area contributed by atoms with Crippen molar-refractivity contribution in [3.63, 3.8) is 0 Å². The minimum absolute atomic E-state index is 0.0162. The number of ether oxygens (including phenoxy) is 1. The zero-order valence-electron chi connectivity index (χ0n) is 13.4. The predicted molar refractivity (Wildman–Crippen MR) is 87.2 cm³/mol. The van der Waals surface area contributed by atoms with Gasteiger partial charge in [0.2, 0.25) is 0 Å². The molecule has 0 bridgehead atoms. The van der Waals surface area contributed by atoms with Crippen LogP contribution in [0.15, 0.2) is 24.3 Å². The normalized spacial score (nSPS) is 22.5. The Morgan fingerprint density at radius 3 is 2.55 bits per heavy atom. The molecule has 0 saturated carbocycles. The van der Waals surface area contributed by atoms with Gasteiger partial charge in [-0.25, -0.2) is 4.79 Å². The third kappa shape index (κ3) is 4.37. The van der Waals surface area contributed by atoms with E-state index >= 15 is 0 Å². The molecule has 1 aliphatic rings. The molecule has 5 heteroatoms. The molecule has 0 spiro atoms. The molecule has 1 amide bonds. The van der Waals surface area contributed by atoms with Crippen LogP contribution in [0.25, 0.3) is 0 Å². The van der Waals surface area contributed by atoms with Crippen LogP contribution in [0.4, 0.5) is 4.79 Å². The maximum atomic E-state index is 12.2. The summed E-state index contributed by atoms with van der Waals surface area (Å²) >= 11 is 5.93. The van der Waals surface area contributed by atoms with E-state index in [1.165, 1.54) is 0 Å². The molecule has 22 heavy (non-hydrogen) atoms. The highest BCUT2D eigenvalue weighted by Crippen LogP contribution is 2.33. The lowest BCUT2D eigenvalue weighted by Crippen LogP contribution is -2.46. The molecule has 1 unspecified atom stereocenters. The summed E-state index contributed by atoms with van der Waals surface area (Å²) in [5.41, 5.74) is 0.658. The van der Waals surface area contributed by atoms with Gasteiger partial charge >= 0.3 is 6.09 Å². The first-order valence-corrected chi connectivity index (χ1v) is 8.02. The number of aliphatic hydroxyl groups is 1. The second kappa shape index (κ2) is 6.88. The average Bonchev–Trinajstić information content (AvgIpc) is 2.45. The van der Waals surface area contributed by atoms with Crippen LogP contribution in [0.2, 0.25) is 5.02 Å². The van der Waals surface area contributed by atoms with Crippen molar-refractivity contribution in [2.24, 2.45) is 5.92 Å². The molecule has 1 saturated heterocycles. The summed E-state index contributed by atoms with van der Waals surface area (Å²) in [6.07, 6.45) is 0.507. The van der Waals surface area contributed by atoms with Gasteiger partial charge in [-0.2, -0.15) is 0 Å². The number of carbonyl (C=O) groups is 1. The number of amides is 1. The first kappa shape index (κ1) is 17.1. The van der Waals surface area contributed by atoms with Crippen molar-refractivity contribution in [3.8, 4) is 0 Å². The Hall–Kier alpha value is -1.26. The number of likely N-dealkylation sites (tertiary alicyclic amines) is 1. The largest absolute Gasteiger partial charge is 0.444 e. The van der Waals surface area contributed by atoms with Crippen molar-refractivity contribution in [1.82, 2.24) is 4.90 Å². The van der Waals surface area contributed by atoms with Crippen molar-refractivity contribution in [2.45, 2.75) is 38.7 Å². The standard InChI is InChI=1S/C17H24ClNO3/c1-17(2,3)22-16(21)19-9-8-15(13(10-19)11-20)12-4-6-14(18)7-5-12/h4-7,13,15,20H,8-11H2,1-3H3/t13?,15-/m0/s1. The van der Waals surface area contributed by atoms with Gasteiger partial charge in [0.05, 0.1) is 0 Å². The first-order valence-electron chi connectivity index (χ1n) is 7.64. The third-order valence-corrected chi connectivity index (χ3v) is 4.17. The van der Waals surface area contributed by atoms with Crippen LogP contribution in [0.3, 0.4) is 0 Å². The number of rotatable bonds is 2. The Balaban J connectivity index is 2.05. The van der Waals surface area contributed by atoms with Crippen molar-refractivity contribution >= 4 is 17.7 Å². The van der Waals surface area contributed by atoms with E-state index in [0.29, 0.717) is 18.1 Å². The van der Waals surface area contributed by atoms with Gasteiger partial charge in [-0.1, -0.05) is 23.7 Å². The molecule has 1 fully saturated rings. The minimum atomic E-state index is -0.501. The maximum Gasteiger partial charge on any atom is 0.410 e. The minimum Gasteiger partial charge on any atom is -0.444 e. The van der Waals surface area contributed by atoms with Crippen LogP contribution in [0.1, 0.15) is 38.7 Å². The molecule has 1 aromatic rings. The molecule has 2 rings (SSSR count). The number of benzene rings is 1. The van der Waals surface area contributed by atoms with Gasteiger partial charge < -0.3 is 14.7 Å². The summed E-state index contributed by atoms with van der Waals surface area (Å²) in [5, 5.41) is 10.4. The van der Waals surface area contributed by atoms with Gasteiger partial charge in [0.25, 0.3) is 0 Å². The van der Waals surface area contributed by atoms with Crippen molar-refractivity contribution in [1.29, 1.82) is 0 Å². The average molecular weight is 326 g/mol. The lowest BCUT2D eigenvalue weighted by molar-refractivity contribution is 0.0102. The van der Waals surface area contributed by atoms with E-state index < -0.39 is 5.60 Å². The Morgan fingerprint density at radius 2 is 2.00 bits per heavy atom. The molecule has 1 heterocycles. The quantitative estimate of drug-likeness (QED) is 0.902. The Bertz CT molecular complexity index is 510. The van der Waals surface area contributed by atoms with Gasteiger partial charge in [0.1, 0.15) is 5.60 Å². The van der Waals surface area contributed by atoms with E-state index in [2.05, 4.69) is 0 Å². The van der Waals surface area contributed by atoms with Crippen molar-refractivity contribution < 1.29 is 14.6 Å². The fourth-order valence-corrected chi connectivity index (χ4v) is 2.98. The van der Waals surface area contributed by atoms with Crippen LogP contribution >= 0.6 is 11.6 Å². The number of halogens is 1. The van der Waals surface area contributed by atoms with Crippen LogP contribution in [-0.4, -0.2) is 41.4 Å². The van der Waals surface area contributed by atoms with Crippen molar-refractivity contribution in [2.75, 3.05) is 19.7 Å². The van der Waals surface area contributed by atoms with Crippen LogP contribution < -0.4 is 0 Å². The SMILES string of the molecule is CC(C)(C)OC(=O)N1CC[C@@H](c2ccc(Cl)cc2)C(CO)C1. The number of hydrogen-bond acceptors (Lipinski definition) is 3. The molecule has 4 nitrogen and oxygen atoms in total. The van der Waals surface area contributed by atoms with Gasteiger partial charge in [-0.15, -0.1) is 0 Å². The summed E-state index contributed by atoms with van der Waals surface area (Å²) in [6.45, 7) is 6.77. The second-order valence-electron chi connectivity index (χ2n) is 6.82. The molecule has 0 radical (unpaired) electrons. The highest BCUT2D eigenvalue weighted by atomic mass is 35.5. The van der Waals surface area contributed by atoms with E-state index in [9.17, 15) is 9.90 Å². The number of aliphatic hydroxyl groups excluding tert-OH is 1. The zero-order valence-corrected chi connectivity index (χ0v) is 14.1. The lowest BCUT2D eigenvalue weighted by atomic mass is 9.81. The molecule has 2 atom stereocenters. The number of carbonyl (C=O) groups excluding carboxylic acids is 1. The van der Waals surface area contributed by atoms with Crippen molar-refractivity contribution in [3.05, 3.63) is 34.9 Å². The van der Waals surface area contributed by atoms with E-state index in [-0.39, 0.29) is 24.5 Å². The fraction of sp³-hybridized carbons (Fsp3) is 0.588. The van der Waals surface area contributed by atoms with Gasteiger partial charge in [-0.05, 0) is 50.8 Å². The Morgan fingerprint density at radius 1 is 1.36 bits per heavy atom. The van der Waals surface area contributed by atoms with E-state index in [0.717, 1.165) is 12.0 Å². The molecule has 0 aromatic heterocycles. The van der Waals surface area contributed by atoms with E-state index in [4.69, 9.17) is 16.3 Å². The van der Waals surface area contributed by atoms with Crippen LogP contribution in [-0.2, 0) is 4.74 Å². The summed E-state index contributed by atoms with van der Waals surface area (Å²) in [5.74, 6) is 0.253. The Kier molecular flexibility index (Phi) is 5.35. The molecular formula is C17H24ClNO3. The molecule has 1 aromatic carbocycles. The Labute approximate surface area is 137 Å². The second-order valence-corrected chi connectivity index (χ2v) is 7.25. The van der Waals surface area contributed by atoms with Crippen LogP contribution in [0, 0.1) is 5.92 Å². The third-order valence-electron chi connectivity index (χ3n) is 3.92. The smallest absolute Gasteiger partial charge is 0.410 e.